The highest BCUT2D eigenvalue weighted by atomic mass is 79.9. The molecule has 0 fully saturated rings. The summed E-state index contributed by atoms with van der Waals surface area (Å²) in [5.74, 6) is -0.0705. The maximum Gasteiger partial charge on any atom is 0.252 e. The third-order valence-electron chi connectivity index (χ3n) is 2.77. The molecule has 3 heteroatoms. The van der Waals surface area contributed by atoms with Crippen LogP contribution < -0.4 is 5.32 Å². The summed E-state index contributed by atoms with van der Waals surface area (Å²) >= 11 is 3.38. The molecular weight excluding hydrogens is 290 g/mol. The highest BCUT2D eigenvalue weighted by Crippen LogP contribution is 2.18. The van der Waals surface area contributed by atoms with Crippen molar-refractivity contribution in [2.45, 2.75) is 13.0 Å². The van der Waals surface area contributed by atoms with E-state index in [0.717, 1.165) is 10.0 Å². The number of rotatable bonds is 3. The molecular formula is C15H14BrNO. The fourth-order valence-electron chi connectivity index (χ4n) is 1.74. The summed E-state index contributed by atoms with van der Waals surface area (Å²) in [5, 5.41) is 2.98. The topological polar surface area (TPSA) is 29.1 Å². The number of carbonyl (C=O) groups is 1. The number of carbonyl (C=O) groups excluding carboxylic acids is 1. The van der Waals surface area contributed by atoms with E-state index in [1.54, 1.807) is 6.07 Å². The second kappa shape index (κ2) is 5.83. The van der Waals surface area contributed by atoms with Gasteiger partial charge in [0.05, 0.1) is 11.6 Å². The Morgan fingerprint density at radius 3 is 2.33 bits per heavy atom. The van der Waals surface area contributed by atoms with Gasteiger partial charge >= 0.3 is 0 Å². The zero-order chi connectivity index (χ0) is 13.0. The first-order valence-electron chi connectivity index (χ1n) is 5.79. The summed E-state index contributed by atoms with van der Waals surface area (Å²) in [6, 6.07) is 17.3. The molecule has 0 saturated heterocycles. The molecule has 2 nitrogen and oxygen atoms in total. The zero-order valence-corrected chi connectivity index (χ0v) is 11.6. The van der Waals surface area contributed by atoms with Gasteiger partial charge in [-0.1, -0.05) is 42.5 Å². The van der Waals surface area contributed by atoms with Crippen LogP contribution in [0, 0.1) is 0 Å². The van der Waals surface area contributed by atoms with Gasteiger partial charge in [-0.2, -0.15) is 0 Å². The number of benzene rings is 2. The van der Waals surface area contributed by atoms with E-state index in [9.17, 15) is 4.79 Å². The van der Waals surface area contributed by atoms with Gasteiger partial charge in [0, 0.05) is 4.47 Å². The predicted molar refractivity (Wildman–Crippen MR) is 76.5 cm³/mol. The van der Waals surface area contributed by atoms with Crippen molar-refractivity contribution in [3.05, 3.63) is 70.2 Å². The molecule has 1 atom stereocenters. The van der Waals surface area contributed by atoms with Crippen molar-refractivity contribution >= 4 is 21.8 Å². The van der Waals surface area contributed by atoms with Crippen LogP contribution in [0.5, 0.6) is 0 Å². The van der Waals surface area contributed by atoms with Gasteiger partial charge in [-0.25, -0.2) is 0 Å². The Morgan fingerprint density at radius 1 is 1.06 bits per heavy atom. The number of hydrogen-bond donors (Lipinski definition) is 1. The van der Waals surface area contributed by atoms with Crippen molar-refractivity contribution in [2.24, 2.45) is 0 Å². The van der Waals surface area contributed by atoms with Crippen molar-refractivity contribution in [1.29, 1.82) is 0 Å². The van der Waals surface area contributed by atoms with Crippen LogP contribution in [0.3, 0.4) is 0 Å². The van der Waals surface area contributed by atoms with Crippen LogP contribution in [0.1, 0.15) is 28.9 Å². The van der Waals surface area contributed by atoms with Crippen LogP contribution in [0.4, 0.5) is 0 Å². The molecule has 0 bridgehead atoms. The first-order valence-corrected chi connectivity index (χ1v) is 6.58. The van der Waals surface area contributed by atoms with Crippen molar-refractivity contribution in [2.75, 3.05) is 0 Å². The Kier molecular flexibility index (Phi) is 4.15. The van der Waals surface area contributed by atoms with Gasteiger partial charge in [-0.05, 0) is 40.5 Å². The van der Waals surface area contributed by atoms with Gasteiger partial charge in [0.15, 0.2) is 0 Å². The molecule has 18 heavy (non-hydrogen) atoms. The quantitative estimate of drug-likeness (QED) is 0.914. The van der Waals surface area contributed by atoms with Gasteiger partial charge in [0.25, 0.3) is 5.91 Å². The molecule has 2 rings (SSSR count). The Labute approximate surface area is 115 Å². The number of amides is 1. The standard InChI is InChI=1S/C15H14BrNO/c1-11(12-7-3-2-4-8-12)17-15(18)13-9-5-6-10-14(13)16/h2-11H,1H3,(H,17,18)/t11-/m0/s1. The molecule has 0 aliphatic carbocycles. The minimum absolute atomic E-state index is 0.00851. The maximum absolute atomic E-state index is 12.1. The van der Waals surface area contributed by atoms with E-state index >= 15 is 0 Å². The summed E-state index contributed by atoms with van der Waals surface area (Å²) in [6.45, 7) is 1.98. The molecule has 0 aromatic heterocycles. The third-order valence-corrected chi connectivity index (χ3v) is 3.46. The average molecular weight is 304 g/mol. The Bertz CT molecular complexity index is 539. The van der Waals surface area contributed by atoms with E-state index in [1.807, 2.05) is 55.5 Å². The van der Waals surface area contributed by atoms with Gasteiger partial charge < -0.3 is 5.32 Å². The van der Waals surface area contributed by atoms with Crippen LogP contribution in [0.15, 0.2) is 59.1 Å². The van der Waals surface area contributed by atoms with Crippen LogP contribution >= 0.6 is 15.9 Å². The number of hydrogen-bond acceptors (Lipinski definition) is 1. The van der Waals surface area contributed by atoms with E-state index in [2.05, 4.69) is 21.2 Å². The van der Waals surface area contributed by atoms with Gasteiger partial charge in [-0.3, -0.25) is 4.79 Å². The van der Waals surface area contributed by atoms with Crippen LogP contribution in [0.25, 0.3) is 0 Å². The van der Waals surface area contributed by atoms with Gasteiger partial charge in [0.2, 0.25) is 0 Å². The third kappa shape index (κ3) is 2.99. The molecule has 0 heterocycles. The first kappa shape index (κ1) is 12.8. The lowest BCUT2D eigenvalue weighted by atomic mass is 10.1. The normalized spacial score (nSPS) is 11.9. The van der Waals surface area contributed by atoms with Crippen molar-refractivity contribution in [3.8, 4) is 0 Å². The fraction of sp³-hybridized carbons (Fsp3) is 0.133. The fourth-order valence-corrected chi connectivity index (χ4v) is 2.21. The Hall–Kier alpha value is -1.61. The minimum Gasteiger partial charge on any atom is -0.345 e. The molecule has 2 aromatic rings. The van der Waals surface area contributed by atoms with Crippen molar-refractivity contribution in [1.82, 2.24) is 5.32 Å². The summed E-state index contributed by atoms with van der Waals surface area (Å²) in [7, 11) is 0. The molecule has 92 valence electrons. The predicted octanol–water partition coefficient (Wildman–Crippen LogP) is 3.94. The van der Waals surface area contributed by atoms with Crippen molar-refractivity contribution in [3.63, 3.8) is 0 Å². The van der Waals surface area contributed by atoms with E-state index in [-0.39, 0.29) is 11.9 Å². The summed E-state index contributed by atoms with van der Waals surface area (Å²) in [6.07, 6.45) is 0. The van der Waals surface area contributed by atoms with Gasteiger partial charge in [0.1, 0.15) is 0 Å². The smallest absolute Gasteiger partial charge is 0.252 e. The molecule has 0 saturated carbocycles. The Balaban J connectivity index is 2.11. The SMILES string of the molecule is C[C@H](NC(=O)c1ccccc1Br)c1ccccc1. The molecule has 1 N–H and O–H groups in total. The molecule has 0 aliphatic rings. The van der Waals surface area contributed by atoms with Crippen LogP contribution in [0.2, 0.25) is 0 Å². The number of halogens is 1. The first-order chi connectivity index (χ1) is 8.68. The van der Waals surface area contributed by atoms with Crippen LogP contribution in [-0.2, 0) is 0 Å². The highest BCUT2D eigenvalue weighted by Gasteiger charge is 2.12. The monoisotopic (exact) mass is 303 g/mol. The molecule has 0 aliphatic heterocycles. The van der Waals surface area contributed by atoms with Crippen LogP contribution in [-0.4, -0.2) is 5.91 Å². The molecule has 2 aromatic carbocycles. The lowest BCUT2D eigenvalue weighted by Gasteiger charge is -2.14. The highest BCUT2D eigenvalue weighted by molar-refractivity contribution is 9.10. The van der Waals surface area contributed by atoms with Gasteiger partial charge in [-0.15, -0.1) is 0 Å². The summed E-state index contributed by atoms with van der Waals surface area (Å²) < 4.78 is 0.808. The molecule has 0 unspecified atom stereocenters. The van der Waals surface area contributed by atoms with E-state index < -0.39 is 0 Å². The second-order valence-corrected chi connectivity index (χ2v) is 4.94. The van der Waals surface area contributed by atoms with E-state index in [4.69, 9.17) is 0 Å². The Morgan fingerprint density at radius 2 is 1.67 bits per heavy atom. The zero-order valence-electron chi connectivity index (χ0n) is 10.1. The molecule has 0 radical (unpaired) electrons. The minimum atomic E-state index is -0.0705. The largest absolute Gasteiger partial charge is 0.345 e. The number of nitrogens with one attached hydrogen (secondary N) is 1. The summed E-state index contributed by atoms with van der Waals surface area (Å²) in [4.78, 5) is 12.1. The lowest BCUT2D eigenvalue weighted by Crippen LogP contribution is -2.26. The maximum atomic E-state index is 12.1. The molecule has 0 spiro atoms. The summed E-state index contributed by atoms with van der Waals surface area (Å²) in [5.41, 5.74) is 1.75. The van der Waals surface area contributed by atoms with E-state index in [0.29, 0.717) is 5.56 Å². The van der Waals surface area contributed by atoms with E-state index in [1.165, 1.54) is 0 Å². The second-order valence-electron chi connectivity index (χ2n) is 4.09. The lowest BCUT2D eigenvalue weighted by molar-refractivity contribution is 0.0939. The average Bonchev–Trinajstić information content (AvgIpc) is 2.40. The molecule has 1 amide bonds. The van der Waals surface area contributed by atoms with Crippen molar-refractivity contribution < 1.29 is 4.79 Å².